The van der Waals surface area contributed by atoms with Crippen molar-refractivity contribution < 1.29 is 0 Å². The van der Waals surface area contributed by atoms with Gasteiger partial charge in [-0.3, -0.25) is 0 Å². The zero-order valence-corrected chi connectivity index (χ0v) is 20.3. The summed E-state index contributed by atoms with van der Waals surface area (Å²) >= 11 is 0. The summed E-state index contributed by atoms with van der Waals surface area (Å²) < 4.78 is 0. The number of hydrogen-bond acceptors (Lipinski definition) is 0. The van der Waals surface area contributed by atoms with Gasteiger partial charge in [0.05, 0.1) is 0 Å². The Morgan fingerprint density at radius 2 is 1.19 bits per heavy atom. The lowest BCUT2D eigenvalue weighted by molar-refractivity contribution is 0.302. The van der Waals surface area contributed by atoms with E-state index in [0.29, 0.717) is 0 Å². The van der Waals surface area contributed by atoms with Crippen LogP contribution in [0.4, 0.5) is 0 Å². The maximum absolute atomic E-state index is 3.32. The second-order valence-corrected chi connectivity index (χ2v) is 9.42. The van der Waals surface area contributed by atoms with E-state index in [-0.39, 0.29) is 0 Å². The Bertz CT molecular complexity index is 900. The van der Waals surface area contributed by atoms with Gasteiger partial charge in [0.2, 0.25) is 0 Å². The molecule has 0 nitrogen and oxygen atoms in total. The molecule has 0 aliphatic heterocycles. The highest BCUT2D eigenvalue weighted by atomic mass is 14.3. The van der Waals surface area contributed by atoms with Gasteiger partial charge in [0.1, 0.15) is 0 Å². The quantitative estimate of drug-likeness (QED) is 0.293. The Kier molecular flexibility index (Phi) is 10.5. The van der Waals surface area contributed by atoms with Crippen LogP contribution in [-0.2, 0) is 0 Å². The van der Waals surface area contributed by atoms with E-state index in [9.17, 15) is 0 Å². The fourth-order valence-electron chi connectivity index (χ4n) is 4.73. The van der Waals surface area contributed by atoms with Crippen LogP contribution in [0.15, 0.2) is 48.5 Å². The maximum atomic E-state index is 3.32. The van der Waals surface area contributed by atoms with Crippen molar-refractivity contribution in [3.05, 3.63) is 70.8 Å². The molecule has 1 fully saturated rings. The lowest BCUT2D eigenvalue weighted by atomic mass is 9.77. The van der Waals surface area contributed by atoms with E-state index >= 15 is 0 Å². The minimum Gasteiger partial charge on any atom is -0.0979 e. The molecule has 3 rings (SSSR count). The molecule has 1 aliphatic rings. The molecule has 32 heavy (non-hydrogen) atoms. The average Bonchev–Trinajstić information content (AvgIpc) is 2.84. The van der Waals surface area contributed by atoms with Crippen molar-refractivity contribution in [1.82, 2.24) is 0 Å². The maximum Gasteiger partial charge on any atom is 0.0249 e. The predicted molar refractivity (Wildman–Crippen MR) is 139 cm³/mol. The summed E-state index contributed by atoms with van der Waals surface area (Å²) in [6, 6.07) is 17.3. The minimum absolute atomic E-state index is 0.745. The molecule has 1 saturated carbocycles. The third kappa shape index (κ3) is 8.24. The lowest BCUT2D eigenvalue weighted by Crippen LogP contribution is -2.13. The standard InChI is InChI=1S/C32H40/c1-3-5-7-8-10-12-28-19-23-31(24-20-28)32-25-21-30(22-26-32)18-17-29-15-13-27(14-16-29)11-9-6-4-2/h13-16,21-22,25-26,28,31H,3-8,10,12,19-20,23-24H2,1-2H3. The van der Waals surface area contributed by atoms with Gasteiger partial charge in [0, 0.05) is 23.1 Å². The summed E-state index contributed by atoms with van der Waals surface area (Å²) in [6.45, 7) is 4.45. The molecule has 0 saturated heterocycles. The summed E-state index contributed by atoms with van der Waals surface area (Å²) in [5.74, 6) is 14.7. The van der Waals surface area contributed by atoms with E-state index in [1.807, 2.05) is 0 Å². The van der Waals surface area contributed by atoms with Gasteiger partial charge in [-0.2, -0.15) is 0 Å². The summed E-state index contributed by atoms with van der Waals surface area (Å²) in [7, 11) is 0. The molecule has 0 radical (unpaired) electrons. The molecular formula is C32H40. The zero-order chi connectivity index (χ0) is 22.4. The highest BCUT2D eigenvalue weighted by Crippen LogP contribution is 2.37. The van der Waals surface area contributed by atoms with Gasteiger partial charge in [-0.05, 0) is 85.9 Å². The Balaban J connectivity index is 1.46. The molecule has 0 heterocycles. The second kappa shape index (κ2) is 13.9. The Hall–Kier alpha value is -2.44. The van der Waals surface area contributed by atoms with E-state index < -0.39 is 0 Å². The van der Waals surface area contributed by atoms with Crippen molar-refractivity contribution >= 4 is 0 Å². The van der Waals surface area contributed by atoms with Gasteiger partial charge in [-0.15, -0.1) is 0 Å². The molecule has 0 N–H and O–H groups in total. The van der Waals surface area contributed by atoms with E-state index in [2.05, 4.69) is 86.1 Å². The minimum atomic E-state index is 0.745. The molecule has 2 aromatic carbocycles. The number of rotatable bonds is 8. The van der Waals surface area contributed by atoms with Crippen LogP contribution in [0.25, 0.3) is 0 Å². The first kappa shape index (κ1) is 24.2. The van der Waals surface area contributed by atoms with Crippen LogP contribution in [0.3, 0.4) is 0 Å². The third-order valence-corrected chi connectivity index (χ3v) is 6.79. The van der Waals surface area contributed by atoms with Crippen LogP contribution < -0.4 is 0 Å². The predicted octanol–water partition coefficient (Wildman–Crippen LogP) is 8.87. The molecule has 0 amide bonds. The topological polar surface area (TPSA) is 0 Å². The largest absolute Gasteiger partial charge is 0.0979 e. The smallest absolute Gasteiger partial charge is 0.0249 e. The Morgan fingerprint density at radius 3 is 1.78 bits per heavy atom. The van der Waals surface area contributed by atoms with Crippen molar-refractivity contribution in [1.29, 1.82) is 0 Å². The molecule has 2 aromatic rings. The van der Waals surface area contributed by atoms with Gasteiger partial charge in [0.25, 0.3) is 0 Å². The number of hydrogen-bond donors (Lipinski definition) is 0. The van der Waals surface area contributed by atoms with Crippen LogP contribution in [-0.4, -0.2) is 0 Å². The van der Waals surface area contributed by atoms with Crippen molar-refractivity contribution in [2.75, 3.05) is 0 Å². The van der Waals surface area contributed by atoms with E-state index in [4.69, 9.17) is 0 Å². The second-order valence-electron chi connectivity index (χ2n) is 9.42. The van der Waals surface area contributed by atoms with Crippen molar-refractivity contribution in [2.45, 2.75) is 96.8 Å². The van der Waals surface area contributed by atoms with Gasteiger partial charge in [0.15, 0.2) is 0 Å². The first-order chi connectivity index (χ1) is 15.8. The average molecular weight is 425 g/mol. The van der Waals surface area contributed by atoms with Crippen LogP contribution in [0, 0.1) is 29.6 Å². The Morgan fingerprint density at radius 1 is 0.625 bits per heavy atom. The van der Waals surface area contributed by atoms with Crippen molar-refractivity contribution in [3.63, 3.8) is 0 Å². The van der Waals surface area contributed by atoms with Gasteiger partial charge in [-0.1, -0.05) is 88.2 Å². The molecule has 0 aromatic heterocycles. The molecule has 0 spiro atoms. The molecule has 1 aliphatic carbocycles. The molecular weight excluding hydrogens is 384 g/mol. The number of benzene rings is 2. The number of unbranched alkanes of at least 4 members (excludes halogenated alkanes) is 5. The monoisotopic (exact) mass is 424 g/mol. The van der Waals surface area contributed by atoms with Gasteiger partial charge >= 0.3 is 0 Å². The zero-order valence-electron chi connectivity index (χ0n) is 20.3. The lowest BCUT2D eigenvalue weighted by Gasteiger charge is -2.29. The molecule has 168 valence electrons. The Labute approximate surface area is 197 Å². The van der Waals surface area contributed by atoms with E-state index in [0.717, 1.165) is 41.4 Å². The van der Waals surface area contributed by atoms with E-state index in [1.54, 1.807) is 0 Å². The van der Waals surface area contributed by atoms with Crippen LogP contribution >= 0.6 is 0 Å². The SMILES string of the molecule is CCCC#Cc1ccc(C#Cc2ccc(C3CCC(CCCCCCC)CC3)cc2)cc1. The van der Waals surface area contributed by atoms with Crippen molar-refractivity contribution in [2.24, 2.45) is 5.92 Å². The summed E-state index contributed by atoms with van der Waals surface area (Å²) in [5, 5.41) is 0. The molecule has 0 bridgehead atoms. The molecule has 0 unspecified atom stereocenters. The molecule has 0 atom stereocenters. The molecule has 0 heteroatoms. The van der Waals surface area contributed by atoms with Crippen LogP contribution in [0.2, 0.25) is 0 Å². The highest BCUT2D eigenvalue weighted by Gasteiger charge is 2.21. The summed E-state index contributed by atoms with van der Waals surface area (Å²) in [6.07, 6.45) is 16.1. The summed E-state index contributed by atoms with van der Waals surface area (Å²) in [4.78, 5) is 0. The first-order valence-corrected chi connectivity index (χ1v) is 13.0. The summed E-state index contributed by atoms with van der Waals surface area (Å²) in [5.41, 5.74) is 4.72. The van der Waals surface area contributed by atoms with E-state index in [1.165, 1.54) is 69.8 Å². The van der Waals surface area contributed by atoms with Crippen LogP contribution in [0.1, 0.15) is 119 Å². The van der Waals surface area contributed by atoms with Gasteiger partial charge < -0.3 is 0 Å². The van der Waals surface area contributed by atoms with Crippen molar-refractivity contribution in [3.8, 4) is 23.7 Å². The fourth-order valence-corrected chi connectivity index (χ4v) is 4.73. The van der Waals surface area contributed by atoms with Gasteiger partial charge in [-0.25, -0.2) is 0 Å². The highest BCUT2D eigenvalue weighted by molar-refractivity contribution is 5.46. The fraction of sp³-hybridized carbons (Fsp3) is 0.500. The van der Waals surface area contributed by atoms with Crippen LogP contribution in [0.5, 0.6) is 0 Å². The first-order valence-electron chi connectivity index (χ1n) is 13.0. The normalized spacial score (nSPS) is 17.7. The third-order valence-electron chi connectivity index (χ3n) is 6.79.